The van der Waals surface area contributed by atoms with Gasteiger partial charge < -0.3 is 5.11 Å². The molecule has 0 aliphatic rings. The highest BCUT2D eigenvalue weighted by atomic mass is 32.1. The van der Waals surface area contributed by atoms with E-state index in [1.54, 1.807) is 0 Å². The lowest BCUT2D eigenvalue weighted by atomic mass is 10.1. The predicted octanol–water partition coefficient (Wildman–Crippen LogP) is 4.08. The fourth-order valence-corrected chi connectivity index (χ4v) is 3.13. The summed E-state index contributed by atoms with van der Waals surface area (Å²) in [4.78, 5) is 16.1. The van der Waals surface area contributed by atoms with E-state index in [9.17, 15) is 9.90 Å². The zero-order valence-corrected chi connectivity index (χ0v) is 12.2. The quantitative estimate of drug-likeness (QED) is 0.914. The first kappa shape index (κ1) is 13.7. The minimum Gasteiger partial charge on any atom is -0.477 e. The van der Waals surface area contributed by atoms with Gasteiger partial charge in [0.2, 0.25) is 0 Å². The number of carboxylic acids is 1. The first-order valence-electron chi connectivity index (χ1n) is 6.33. The third kappa shape index (κ3) is 2.84. The number of hydrogen-bond acceptors (Lipinski definition) is 3. The van der Waals surface area contributed by atoms with Crippen molar-refractivity contribution in [2.75, 3.05) is 0 Å². The van der Waals surface area contributed by atoms with Crippen LogP contribution in [0.2, 0.25) is 0 Å². The molecule has 4 heteroatoms. The predicted molar refractivity (Wildman–Crippen MR) is 78.0 cm³/mol. The Bertz CT molecular complexity index is 617. The molecular weight excluding hydrogens is 258 g/mol. The second-order valence-corrected chi connectivity index (χ2v) is 5.67. The average molecular weight is 275 g/mol. The maximum atomic E-state index is 11.3. The number of nitrogens with zero attached hydrogens (tertiary/aromatic N) is 1. The fraction of sp³-hybridized carbons (Fsp3) is 0.333. The molecule has 1 heterocycles. The summed E-state index contributed by atoms with van der Waals surface area (Å²) in [5, 5.41) is 10.0. The highest BCUT2D eigenvalue weighted by Gasteiger charge is 2.18. The van der Waals surface area contributed by atoms with Crippen LogP contribution in [0.15, 0.2) is 18.2 Å². The Kier molecular flexibility index (Phi) is 4.00. The van der Waals surface area contributed by atoms with E-state index < -0.39 is 5.97 Å². The van der Waals surface area contributed by atoms with Gasteiger partial charge in [-0.1, -0.05) is 37.1 Å². The summed E-state index contributed by atoms with van der Waals surface area (Å²) in [5.74, 6) is -0.878. The van der Waals surface area contributed by atoms with Gasteiger partial charge in [0.15, 0.2) is 0 Å². The van der Waals surface area contributed by atoms with Crippen LogP contribution < -0.4 is 0 Å². The first-order valence-corrected chi connectivity index (χ1v) is 7.15. The molecule has 0 saturated heterocycles. The molecule has 19 heavy (non-hydrogen) atoms. The van der Waals surface area contributed by atoms with Gasteiger partial charge >= 0.3 is 5.97 Å². The van der Waals surface area contributed by atoms with Crippen molar-refractivity contribution in [3.8, 4) is 10.6 Å². The van der Waals surface area contributed by atoms with E-state index in [-0.39, 0.29) is 0 Å². The van der Waals surface area contributed by atoms with Crippen LogP contribution in [0.1, 0.15) is 39.8 Å². The van der Waals surface area contributed by atoms with Gasteiger partial charge in [0, 0.05) is 5.56 Å². The lowest BCUT2D eigenvalue weighted by molar-refractivity contribution is 0.0700. The molecule has 1 aromatic heterocycles. The molecule has 0 atom stereocenters. The molecule has 0 fully saturated rings. The van der Waals surface area contributed by atoms with E-state index in [0.29, 0.717) is 17.0 Å². The van der Waals surface area contributed by atoms with Gasteiger partial charge in [0.05, 0.1) is 5.69 Å². The summed E-state index contributed by atoms with van der Waals surface area (Å²) in [6.07, 6.45) is 1.61. The van der Waals surface area contributed by atoms with Gasteiger partial charge in [-0.15, -0.1) is 11.3 Å². The van der Waals surface area contributed by atoms with Crippen LogP contribution in [0.4, 0.5) is 0 Å². The van der Waals surface area contributed by atoms with Crippen molar-refractivity contribution in [2.24, 2.45) is 0 Å². The number of thiazole rings is 1. The van der Waals surface area contributed by atoms with Crippen molar-refractivity contribution < 1.29 is 9.90 Å². The second-order valence-electron chi connectivity index (χ2n) is 4.67. The van der Waals surface area contributed by atoms with Crippen LogP contribution in [-0.4, -0.2) is 16.1 Å². The fourth-order valence-electron chi connectivity index (χ4n) is 2.09. The minimum absolute atomic E-state index is 0.372. The lowest BCUT2D eigenvalue weighted by Crippen LogP contribution is -1.98. The molecule has 1 N–H and O–H groups in total. The lowest BCUT2D eigenvalue weighted by Gasteiger charge is -2.02. The van der Waals surface area contributed by atoms with Crippen molar-refractivity contribution in [1.82, 2.24) is 4.98 Å². The molecule has 0 bridgehead atoms. The molecule has 0 unspecified atom stereocenters. The maximum Gasteiger partial charge on any atom is 0.347 e. The zero-order chi connectivity index (χ0) is 14.0. The van der Waals surface area contributed by atoms with E-state index in [2.05, 4.69) is 11.1 Å². The molecule has 0 aliphatic carbocycles. The molecular formula is C15H17NO2S. The van der Waals surface area contributed by atoms with Crippen LogP contribution in [0.5, 0.6) is 0 Å². The summed E-state index contributed by atoms with van der Waals surface area (Å²) >= 11 is 1.27. The summed E-state index contributed by atoms with van der Waals surface area (Å²) in [5.41, 5.74) is 4.06. The molecule has 0 radical (unpaired) electrons. The van der Waals surface area contributed by atoms with Gasteiger partial charge in [-0.3, -0.25) is 0 Å². The number of carbonyl (C=O) groups is 1. The smallest absolute Gasteiger partial charge is 0.347 e. The number of aromatic nitrogens is 1. The Morgan fingerprint density at radius 3 is 2.68 bits per heavy atom. The van der Waals surface area contributed by atoms with E-state index >= 15 is 0 Å². The number of rotatable bonds is 4. The minimum atomic E-state index is -0.878. The standard InChI is InChI=1S/C15H17NO2S/c1-4-5-12-13(15(17)18)19-14(16-12)11-7-6-9(2)8-10(11)3/h6-8H,4-5H2,1-3H3,(H,17,18). The van der Waals surface area contributed by atoms with Crippen LogP contribution in [0.25, 0.3) is 10.6 Å². The Balaban J connectivity index is 2.50. The van der Waals surface area contributed by atoms with E-state index in [1.807, 2.05) is 32.9 Å². The zero-order valence-electron chi connectivity index (χ0n) is 11.4. The second kappa shape index (κ2) is 5.53. The Labute approximate surface area is 116 Å². The maximum absolute atomic E-state index is 11.3. The number of aryl methyl sites for hydroxylation is 3. The molecule has 0 spiro atoms. The van der Waals surface area contributed by atoms with Crippen LogP contribution >= 0.6 is 11.3 Å². The normalized spacial score (nSPS) is 10.7. The van der Waals surface area contributed by atoms with Gasteiger partial charge in [-0.2, -0.15) is 0 Å². The molecule has 1 aromatic carbocycles. The van der Waals surface area contributed by atoms with Gasteiger partial charge in [0.25, 0.3) is 0 Å². The largest absolute Gasteiger partial charge is 0.477 e. The monoisotopic (exact) mass is 275 g/mol. The van der Waals surface area contributed by atoms with Crippen LogP contribution in [0.3, 0.4) is 0 Å². The van der Waals surface area contributed by atoms with Crippen LogP contribution in [0, 0.1) is 13.8 Å². The summed E-state index contributed by atoms with van der Waals surface area (Å²) in [6.45, 7) is 6.11. The molecule has 3 nitrogen and oxygen atoms in total. The topological polar surface area (TPSA) is 50.2 Å². The van der Waals surface area contributed by atoms with Crippen molar-refractivity contribution in [1.29, 1.82) is 0 Å². The van der Waals surface area contributed by atoms with E-state index in [1.165, 1.54) is 16.9 Å². The summed E-state index contributed by atoms with van der Waals surface area (Å²) in [6, 6.07) is 6.14. The summed E-state index contributed by atoms with van der Waals surface area (Å²) < 4.78 is 0. The highest BCUT2D eigenvalue weighted by molar-refractivity contribution is 7.17. The number of benzene rings is 1. The molecule has 2 aromatic rings. The number of hydrogen-bond donors (Lipinski definition) is 1. The third-order valence-electron chi connectivity index (χ3n) is 2.99. The van der Waals surface area contributed by atoms with Gasteiger partial charge in [-0.05, 0) is 25.8 Å². The Morgan fingerprint density at radius 2 is 2.11 bits per heavy atom. The molecule has 100 valence electrons. The van der Waals surface area contributed by atoms with Crippen molar-refractivity contribution in [2.45, 2.75) is 33.6 Å². The third-order valence-corrected chi connectivity index (χ3v) is 4.11. The molecule has 0 aliphatic heterocycles. The number of carboxylic acid groups (broad SMARTS) is 1. The summed E-state index contributed by atoms with van der Waals surface area (Å²) in [7, 11) is 0. The van der Waals surface area contributed by atoms with Crippen molar-refractivity contribution in [3.05, 3.63) is 39.9 Å². The van der Waals surface area contributed by atoms with E-state index in [0.717, 1.165) is 22.6 Å². The molecule has 2 rings (SSSR count). The van der Waals surface area contributed by atoms with E-state index in [4.69, 9.17) is 0 Å². The molecule has 0 saturated carbocycles. The number of aromatic carboxylic acids is 1. The van der Waals surface area contributed by atoms with Gasteiger partial charge in [-0.25, -0.2) is 9.78 Å². The Morgan fingerprint density at radius 1 is 1.37 bits per heavy atom. The molecule has 0 amide bonds. The van der Waals surface area contributed by atoms with Gasteiger partial charge in [0.1, 0.15) is 9.88 Å². The first-order chi connectivity index (χ1) is 9.02. The SMILES string of the molecule is CCCc1nc(-c2ccc(C)cc2C)sc1C(=O)O. The highest BCUT2D eigenvalue weighted by Crippen LogP contribution is 2.31. The average Bonchev–Trinajstić information content (AvgIpc) is 2.73. The van der Waals surface area contributed by atoms with Crippen molar-refractivity contribution >= 4 is 17.3 Å². The van der Waals surface area contributed by atoms with Crippen LogP contribution in [-0.2, 0) is 6.42 Å². The Hall–Kier alpha value is -1.68. The van der Waals surface area contributed by atoms with Crippen molar-refractivity contribution in [3.63, 3.8) is 0 Å².